The molecule has 9 rings (SSSR count). The van der Waals surface area contributed by atoms with Gasteiger partial charge in [0, 0.05) is 72.6 Å². The predicted octanol–water partition coefficient (Wildman–Crippen LogP) is 15.7. The quantitative estimate of drug-likeness (QED) is 0.0752. The molecule has 4 aromatic rings. The molecule has 0 radical (unpaired) electrons. The van der Waals surface area contributed by atoms with Crippen molar-refractivity contribution in [3.05, 3.63) is 118 Å². The minimum Gasteiger partial charge on any atom is -0.508 e. The number of aliphatic hydroxyl groups is 3. The van der Waals surface area contributed by atoms with Crippen molar-refractivity contribution >= 4 is 64.7 Å². The van der Waals surface area contributed by atoms with Crippen LogP contribution >= 0.6 is 53.2 Å². The van der Waals surface area contributed by atoms with Gasteiger partial charge >= 0.3 is 0 Å². The van der Waals surface area contributed by atoms with E-state index in [1.807, 2.05) is 106 Å². The lowest BCUT2D eigenvalue weighted by atomic mass is 9.65. The van der Waals surface area contributed by atoms with Gasteiger partial charge in [0.25, 0.3) is 0 Å². The second-order valence-corrected chi connectivity index (χ2v) is 27.7. The Morgan fingerprint density at radius 1 is 0.411 bits per heavy atom. The highest BCUT2D eigenvalue weighted by Crippen LogP contribution is 2.49. The van der Waals surface area contributed by atoms with Crippen LogP contribution in [-0.2, 0) is 26.4 Å². The van der Waals surface area contributed by atoms with Crippen molar-refractivity contribution < 1.29 is 45.3 Å². The molecule has 516 valence electrons. The fourth-order valence-electron chi connectivity index (χ4n) is 14.0. The van der Waals surface area contributed by atoms with E-state index >= 15 is 0 Å². The molecule has 7 N–H and O–H groups in total. The van der Waals surface area contributed by atoms with Crippen LogP contribution in [0.3, 0.4) is 0 Å². The summed E-state index contributed by atoms with van der Waals surface area (Å²) in [6.45, 7) is 14.0. The maximum absolute atomic E-state index is 11.6. The number of carbonyl (C=O) groups is 2. The topological polar surface area (TPSA) is 189 Å². The maximum atomic E-state index is 11.6. The zero-order valence-corrected chi connectivity index (χ0v) is 59.4. The number of benzene rings is 4. The van der Waals surface area contributed by atoms with Gasteiger partial charge in [-0.15, -0.1) is 37.2 Å². The van der Waals surface area contributed by atoms with E-state index in [0.717, 1.165) is 118 Å². The molecule has 4 aromatic carbocycles. The van der Waals surface area contributed by atoms with Gasteiger partial charge in [0.05, 0.1) is 16.8 Å². The van der Waals surface area contributed by atoms with Crippen molar-refractivity contribution in [2.24, 2.45) is 53.3 Å². The Bertz CT molecular complexity index is 2430. The number of hydrogen-bond donors (Lipinski definition) is 7. The number of nitrogens with zero attached hydrogens (tertiary/aromatic N) is 4. The van der Waals surface area contributed by atoms with Crippen molar-refractivity contribution in [3.8, 4) is 23.0 Å². The van der Waals surface area contributed by atoms with Crippen LogP contribution in [0.25, 0.3) is 0 Å². The minimum absolute atomic E-state index is 0. The van der Waals surface area contributed by atoms with E-state index in [4.69, 9.17) is 5.11 Å². The second-order valence-electron chi connectivity index (χ2n) is 26.8. The Labute approximate surface area is 572 Å². The summed E-state index contributed by atoms with van der Waals surface area (Å²) in [5.41, 5.74) is 0.0636. The van der Waals surface area contributed by atoms with Gasteiger partial charge in [-0.05, 0) is 210 Å². The number of halogens is 4. The summed E-state index contributed by atoms with van der Waals surface area (Å²) in [4.78, 5) is 30.9. The lowest BCUT2D eigenvalue weighted by Crippen LogP contribution is -2.47. The van der Waals surface area contributed by atoms with Crippen LogP contribution in [0.5, 0.6) is 23.0 Å². The van der Waals surface area contributed by atoms with Gasteiger partial charge in [-0.1, -0.05) is 140 Å². The summed E-state index contributed by atoms with van der Waals surface area (Å²) in [5.74, 6) is 4.21. The van der Waals surface area contributed by atoms with Crippen LogP contribution in [0.15, 0.2) is 102 Å². The fourth-order valence-corrected chi connectivity index (χ4v) is 14.4. The van der Waals surface area contributed by atoms with Gasteiger partial charge in [-0.3, -0.25) is 9.59 Å². The van der Waals surface area contributed by atoms with Gasteiger partial charge in [-0.2, -0.15) is 0 Å². The third kappa shape index (κ3) is 26.4. The van der Waals surface area contributed by atoms with E-state index < -0.39 is 16.8 Å². The highest BCUT2D eigenvalue weighted by Gasteiger charge is 2.48. The van der Waals surface area contributed by atoms with Crippen LogP contribution in [-0.4, -0.2) is 149 Å². The first kappa shape index (κ1) is 88.5. The number of ketones is 2. The number of rotatable bonds is 11. The molecular weight excluding hydrogens is 1260 g/mol. The zero-order valence-electron chi connectivity index (χ0n) is 55.4. The molecule has 0 aromatic heterocycles. The van der Waals surface area contributed by atoms with Gasteiger partial charge in [0.2, 0.25) is 0 Å². The summed E-state index contributed by atoms with van der Waals surface area (Å²) in [6.07, 6.45) is 17.5. The first-order valence-electron chi connectivity index (χ1n) is 31.7. The molecule has 5 aliphatic carbocycles. The summed E-state index contributed by atoms with van der Waals surface area (Å²) >= 11 is 3.20. The van der Waals surface area contributed by atoms with Crippen molar-refractivity contribution in [1.82, 2.24) is 19.6 Å². The molecule has 0 aliphatic heterocycles. The van der Waals surface area contributed by atoms with E-state index in [2.05, 4.69) is 63.2 Å². The van der Waals surface area contributed by atoms with Crippen LogP contribution in [0, 0.1) is 53.3 Å². The zero-order chi connectivity index (χ0) is 63.2. The Morgan fingerprint density at radius 2 is 0.722 bits per heavy atom. The van der Waals surface area contributed by atoms with Crippen LogP contribution in [0.1, 0.15) is 169 Å². The summed E-state index contributed by atoms with van der Waals surface area (Å²) in [7, 11) is 16.3. The number of phenolic OH excluding ortho intramolecular Hbond substituents is 4. The number of hydrogen-bond acceptors (Lipinski definition) is 13. The molecule has 90 heavy (non-hydrogen) atoms. The number of aromatic hydroxyl groups is 4. The molecule has 12 unspecified atom stereocenters. The van der Waals surface area contributed by atoms with Gasteiger partial charge in [-0.25, -0.2) is 0 Å². The largest absolute Gasteiger partial charge is 0.508 e. The monoisotopic (exact) mass is 1380 g/mol. The number of carbonyl (C=O) groups excluding carboxylic acids is 2. The highest BCUT2D eigenvalue weighted by molar-refractivity contribution is 9.10. The van der Waals surface area contributed by atoms with Crippen molar-refractivity contribution in [2.45, 2.75) is 169 Å². The molecule has 0 spiro atoms. The molecule has 5 saturated carbocycles. The van der Waals surface area contributed by atoms with Gasteiger partial charge in [0.15, 0.2) is 0 Å². The van der Waals surface area contributed by atoms with Crippen LogP contribution < -0.4 is 0 Å². The molecule has 0 saturated heterocycles. The van der Waals surface area contributed by atoms with E-state index in [1.54, 1.807) is 54.6 Å². The fraction of sp³-hybridized carbons (Fsp3) is 0.644. The first-order chi connectivity index (χ1) is 40.0. The van der Waals surface area contributed by atoms with E-state index in [9.17, 15) is 40.2 Å². The molecule has 17 heteroatoms. The maximum Gasteiger partial charge on any atom is 0.140 e. The SMILES string of the molecule is C.C.CC1CCCC(CN(C)C)C1(O)c1cccc(O)c1.CC1CCCC(CN(C)C)C1(O)c1cccc(O)c1.CC1CCCC(CN(C)C)C1(O)c1cccc(O)c1.CC1CCCC(CN(C)C)C1=O.CC1CCCCC1=O.Cl.Cl.Cl.Oc1cccc(Br)c1. The third-order valence-electron chi connectivity index (χ3n) is 18.7. The number of Topliss-reactive ketones (excluding diaryl/α,β-unsaturated/α-hetero) is 2. The van der Waals surface area contributed by atoms with Gasteiger partial charge in [0.1, 0.15) is 34.6 Å². The average Bonchev–Trinajstić information content (AvgIpc) is 0.792. The molecule has 12 atom stereocenters. The van der Waals surface area contributed by atoms with E-state index in [1.165, 1.54) is 32.1 Å². The predicted molar refractivity (Wildman–Crippen MR) is 385 cm³/mol. The van der Waals surface area contributed by atoms with Gasteiger partial charge < -0.3 is 55.3 Å². The summed E-state index contributed by atoms with van der Waals surface area (Å²) in [5, 5.41) is 71.8. The Balaban J connectivity index is 0. The van der Waals surface area contributed by atoms with Crippen LogP contribution in [0.4, 0.5) is 0 Å². The van der Waals surface area contributed by atoms with Crippen molar-refractivity contribution in [2.75, 3.05) is 82.6 Å². The first-order valence-corrected chi connectivity index (χ1v) is 32.5. The summed E-state index contributed by atoms with van der Waals surface area (Å²) < 4.78 is 0.900. The normalized spacial score (nSPS) is 27.7. The Kier molecular flexibility index (Phi) is 42.1. The average molecular weight is 1390 g/mol. The second kappa shape index (κ2) is 42.7. The van der Waals surface area contributed by atoms with E-state index in [0.29, 0.717) is 35.1 Å². The molecule has 0 amide bonds. The minimum atomic E-state index is -0.832. The smallest absolute Gasteiger partial charge is 0.140 e. The van der Waals surface area contributed by atoms with Crippen molar-refractivity contribution in [3.63, 3.8) is 0 Å². The molecule has 0 bridgehead atoms. The standard InChI is InChI=1S/3C16H25NO2.C10H19NO.C7H12O.C6H5BrO.2CH4.3ClH/c3*1-12-6-4-8-14(11-17(2)3)16(12,19)13-7-5-9-15(18)10-13;1-8-5-4-6-9(10(8)12)7-11(2)3;1-6-4-2-3-5-7(6)8;7-5-2-1-3-6(8)4-5;;;;;/h3*5,7,9-10,12,14,18-19H,4,6,8,11H2,1-3H3;8-9H,4-7H2,1-3H3;6H,2-5H2,1H3;1-4,8H;2*1H4;3*1H. The Hall–Kier alpha value is -3.51. The van der Waals surface area contributed by atoms with Crippen molar-refractivity contribution in [1.29, 1.82) is 0 Å². The molecule has 5 fully saturated rings. The Morgan fingerprint density at radius 3 is 0.989 bits per heavy atom. The third-order valence-corrected chi connectivity index (χ3v) is 19.2. The molecule has 5 aliphatic rings. The highest BCUT2D eigenvalue weighted by atomic mass is 79.9. The molecular formula is C73H122BrCl3N4O9. The number of phenols is 4. The van der Waals surface area contributed by atoms with Crippen LogP contribution in [0.2, 0.25) is 0 Å². The molecule has 13 nitrogen and oxygen atoms in total. The van der Waals surface area contributed by atoms with E-state index in [-0.39, 0.29) is 105 Å². The lowest BCUT2D eigenvalue weighted by Gasteiger charge is -2.46. The molecule has 0 heterocycles. The lowest BCUT2D eigenvalue weighted by molar-refractivity contribution is -0.129. The summed E-state index contributed by atoms with van der Waals surface area (Å²) in [6, 6.07) is 28.3.